The van der Waals surface area contributed by atoms with E-state index in [1.54, 1.807) is 39.8 Å². The van der Waals surface area contributed by atoms with Crippen LogP contribution in [0.1, 0.15) is 64.5 Å². The predicted molar refractivity (Wildman–Crippen MR) is 149 cm³/mol. The third kappa shape index (κ3) is 8.04. The summed E-state index contributed by atoms with van der Waals surface area (Å²) in [7, 11) is -3.51. The summed E-state index contributed by atoms with van der Waals surface area (Å²) in [6.07, 6.45) is 1.91. The number of nitriles is 1. The molecule has 1 saturated heterocycles. The fourth-order valence-electron chi connectivity index (χ4n) is 4.61. The topological polar surface area (TPSA) is 143 Å². The molecule has 0 radical (unpaired) electrons. The summed E-state index contributed by atoms with van der Waals surface area (Å²) in [5.41, 5.74) is 8.16. The minimum Gasteiger partial charge on any atom is -0.444 e. The average molecular weight is 555 g/mol. The number of amides is 2. The highest BCUT2D eigenvalue weighted by Gasteiger charge is 2.35. The molecule has 0 saturated carbocycles. The lowest BCUT2D eigenvalue weighted by atomic mass is 10.00. The zero-order chi connectivity index (χ0) is 28.8. The molecule has 1 fully saturated rings. The monoisotopic (exact) mass is 554 g/mol. The fourth-order valence-corrected chi connectivity index (χ4v) is 6.08. The number of benzene rings is 2. The number of hydrogen-bond donors (Lipinski definition) is 2. The van der Waals surface area contributed by atoms with E-state index in [-0.39, 0.29) is 22.1 Å². The van der Waals surface area contributed by atoms with E-state index < -0.39 is 33.7 Å². The van der Waals surface area contributed by atoms with Gasteiger partial charge >= 0.3 is 6.09 Å². The molecule has 0 aliphatic carbocycles. The van der Waals surface area contributed by atoms with E-state index in [0.29, 0.717) is 25.8 Å². The van der Waals surface area contributed by atoms with Crippen LogP contribution in [0.2, 0.25) is 0 Å². The minimum atomic E-state index is -3.51. The molecule has 1 heterocycles. The molecule has 9 nitrogen and oxygen atoms in total. The molecule has 0 aromatic heterocycles. The van der Waals surface area contributed by atoms with Crippen molar-refractivity contribution in [1.29, 1.82) is 5.26 Å². The van der Waals surface area contributed by atoms with Gasteiger partial charge in [0.05, 0.1) is 22.4 Å². The number of rotatable bonds is 8. The van der Waals surface area contributed by atoms with E-state index in [0.717, 1.165) is 29.5 Å². The van der Waals surface area contributed by atoms with Crippen molar-refractivity contribution >= 4 is 21.8 Å². The Labute approximate surface area is 231 Å². The van der Waals surface area contributed by atoms with Crippen LogP contribution in [0.3, 0.4) is 0 Å². The summed E-state index contributed by atoms with van der Waals surface area (Å²) in [5, 5.41) is 12.4. The van der Waals surface area contributed by atoms with Crippen LogP contribution in [-0.2, 0) is 25.8 Å². The quantitative estimate of drug-likeness (QED) is 0.467. The van der Waals surface area contributed by atoms with Crippen LogP contribution in [-0.4, -0.2) is 55.4 Å². The highest BCUT2D eigenvalue weighted by molar-refractivity contribution is 7.91. The van der Waals surface area contributed by atoms with Gasteiger partial charge in [0.25, 0.3) is 0 Å². The van der Waals surface area contributed by atoms with E-state index in [2.05, 4.69) is 5.32 Å². The maximum atomic E-state index is 13.0. The highest BCUT2D eigenvalue weighted by atomic mass is 32.2. The molecule has 0 unspecified atom stereocenters. The number of carbonyl (C=O) groups is 2. The number of ether oxygens (including phenoxy) is 1. The number of nitrogens with one attached hydrogen (secondary N) is 1. The Morgan fingerprint density at radius 1 is 1.15 bits per heavy atom. The summed E-state index contributed by atoms with van der Waals surface area (Å²) in [5.74, 6) is -0.307. The highest BCUT2D eigenvalue weighted by Crippen LogP contribution is 2.26. The Morgan fingerprint density at radius 3 is 2.44 bits per heavy atom. The van der Waals surface area contributed by atoms with Crippen LogP contribution in [0, 0.1) is 11.3 Å². The molecule has 2 aromatic rings. The first-order valence-electron chi connectivity index (χ1n) is 13.3. The molecule has 10 heteroatoms. The largest absolute Gasteiger partial charge is 0.444 e. The summed E-state index contributed by atoms with van der Waals surface area (Å²) in [6.45, 7) is 7.62. The van der Waals surface area contributed by atoms with Crippen molar-refractivity contribution in [3.63, 3.8) is 0 Å². The molecule has 0 bridgehead atoms. The van der Waals surface area contributed by atoms with Crippen LogP contribution >= 0.6 is 0 Å². The van der Waals surface area contributed by atoms with Crippen LogP contribution in [0.15, 0.2) is 47.4 Å². The standard InChI is InChI=1S/C29H38N4O5S/c1-5-16-39(36,37)25-14-13-22(18-23(25)19-30)21-11-9-20(10-12-21)17-26(31)32-27(34)24-8-6-7-15-33(24)28(35)38-29(2,3)4/h9-14,18,24,26H,5-8,15-17,31H2,1-4H3,(H,32,34)/t24-,26-/m0/s1. The molecule has 39 heavy (non-hydrogen) atoms. The maximum absolute atomic E-state index is 13.0. The molecular formula is C29H38N4O5S. The number of sulfone groups is 1. The van der Waals surface area contributed by atoms with Crippen LogP contribution in [0.4, 0.5) is 4.79 Å². The third-order valence-electron chi connectivity index (χ3n) is 6.41. The Hall–Kier alpha value is -3.42. The van der Waals surface area contributed by atoms with Crippen molar-refractivity contribution in [2.75, 3.05) is 12.3 Å². The van der Waals surface area contributed by atoms with Crippen molar-refractivity contribution in [3.05, 3.63) is 53.6 Å². The zero-order valence-electron chi connectivity index (χ0n) is 23.1. The second-order valence-electron chi connectivity index (χ2n) is 10.8. The number of carbonyl (C=O) groups excluding carboxylic acids is 2. The smallest absolute Gasteiger partial charge is 0.410 e. The Morgan fingerprint density at radius 2 is 1.82 bits per heavy atom. The second kappa shape index (κ2) is 12.6. The molecule has 3 N–H and O–H groups in total. The molecule has 1 aliphatic heterocycles. The molecule has 0 spiro atoms. The Bertz CT molecular complexity index is 1330. The Kier molecular flexibility index (Phi) is 9.75. The third-order valence-corrected chi connectivity index (χ3v) is 8.38. The van der Waals surface area contributed by atoms with E-state index in [4.69, 9.17) is 10.5 Å². The van der Waals surface area contributed by atoms with Crippen molar-refractivity contribution in [2.24, 2.45) is 5.73 Å². The van der Waals surface area contributed by atoms with Crippen LogP contribution in [0.5, 0.6) is 0 Å². The van der Waals surface area contributed by atoms with Gasteiger partial charge in [-0.1, -0.05) is 37.3 Å². The van der Waals surface area contributed by atoms with Crippen LogP contribution in [0.25, 0.3) is 11.1 Å². The number of hydrogen-bond acceptors (Lipinski definition) is 7. The molecule has 1 aliphatic rings. The number of nitrogens with zero attached hydrogens (tertiary/aromatic N) is 2. The lowest BCUT2D eigenvalue weighted by Crippen LogP contribution is -2.56. The van der Waals surface area contributed by atoms with Gasteiger partial charge in [0.15, 0.2) is 9.84 Å². The summed E-state index contributed by atoms with van der Waals surface area (Å²) < 4.78 is 30.4. The molecule has 2 aromatic carbocycles. The van der Waals surface area contributed by atoms with Gasteiger partial charge in [-0.15, -0.1) is 0 Å². The van der Waals surface area contributed by atoms with Gasteiger partial charge in [-0.3, -0.25) is 9.69 Å². The normalized spacial score (nSPS) is 16.7. The van der Waals surface area contributed by atoms with Gasteiger partial charge in [0, 0.05) is 13.0 Å². The predicted octanol–water partition coefficient (Wildman–Crippen LogP) is 4.14. The van der Waals surface area contributed by atoms with Gasteiger partial charge in [-0.25, -0.2) is 13.2 Å². The molecular weight excluding hydrogens is 516 g/mol. The van der Waals surface area contributed by atoms with Crippen LogP contribution < -0.4 is 11.1 Å². The lowest BCUT2D eigenvalue weighted by molar-refractivity contribution is -0.128. The van der Waals surface area contributed by atoms with Crippen molar-refractivity contribution in [3.8, 4) is 17.2 Å². The first-order chi connectivity index (χ1) is 18.3. The number of likely N-dealkylation sites (tertiary alicyclic amines) is 1. The van der Waals surface area contributed by atoms with Gasteiger partial charge in [0.1, 0.15) is 17.7 Å². The molecule has 210 valence electrons. The Balaban J connectivity index is 1.66. The van der Waals surface area contributed by atoms with E-state index in [9.17, 15) is 23.3 Å². The fraction of sp³-hybridized carbons (Fsp3) is 0.483. The second-order valence-corrected chi connectivity index (χ2v) is 12.9. The number of nitrogens with two attached hydrogens (primary N) is 1. The van der Waals surface area contributed by atoms with Crippen molar-refractivity contribution in [1.82, 2.24) is 10.2 Å². The van der Waals surface area contributed by atoms with Crippen molar-refractivity contribution < 1.29 is 22.7 Å². The van der Waals surface area contributed by atoms with Gasteiger partial charge in [0.2, 0.25) is 5.91 Å². The molecule has 2 atom stereocenters. The lowest BCUT2D eigenvalue weighted by Gasteiger charge is -2.36. The van der Waals surface area contributed by atoms with Gasteiger partial charge < -0.3 is 15.8 Å². The maximum Gasteiger partial charge on any atom is 0.410 e. The SMILES string of the molecule is CCCS(=O)(=O)c1ccc(-c2ccc(C[C@@H](N)NC(=O)[C@@H]3CCCCN3C(=O)OC(C)(C)C)cc2)cc1C#N. The summed E-state index contributed by atoms with van der Waals surface area (Å²) in [4.78, 5) is 27.2. The first-order valence-corrected chi connectivity index (χ1v) is 14.9. The van der Waals surface area contributed by atoms with E-state index >= 15 is 0 Å². The average Bonchev–Trinajstić information content (AvgIpc) is 2.87. The first kappa shape index (κ1) is 30.1. The number of piperidine rings is 1. The van der Waals surface area contributed by atoms with E-state index in [1.807, 2.05) is 30.3 Å². The van der Waals surface area contributed by atoms with Crippen molar-refractivity contribution in [2.45, 2.75) is 82.5 Å². The molecule has 2 amide bonds. The molecule has 3 rings (SSSR count). The zero-order valence-corrected chi connectivity index (χ0v) is 23.9. The minimum absolute atomic E-state index is 0.00764. The summed E-state index contributed by atoms with van der Waals surface area (Å²) in [6, 6.07) is 13.6. The summed E-state index contributed by atoms with van der Waals surface area (Å²) >= 11 is 0. The van der Waals surface area contributed by atoms with E-state index in [1.165, 1.54) is 11.0 Å². The van der Waals surface area contributed by atoms with Gasteiger partial charge in [-0.05, 0) is 75.3 Å². The van der Waals surface area contributed by atoms with Gasteiger partial charge in [-0.2, -0.15) is 5.26 Å².